The number of imidazole rings is 1. The second kappa shape index (κ2) is 5.34. The summed E-state index contributed by atoms with van der Waals surface area (Å²) < 4.78 is 2.01. The van der Waals surface area contributed by atoms with Gasteiger partial charge in [0.2, 0.25) is 0 Å². The standard InChI is InChI=1S/C18H20N2O/c1-12-8-13(2)18(14(3)9-12)17(21)10-20-11-19-15-6-4-5-7-16(15)20/h4-9,11,17,21H,10H2,1-3H3. The molecule has 3 rings (SSSR count). The van der Waals surface area contributed by atoms with E-state index < -0.39 is 6.10 Å². The first-order valence-corrected chi connectivity index (χ1v) is 7.22. The summed E-state index contributed by atoms with van der Waals surface area (Å²) in [6, 6.07) is 12.2. The molecule has 1 unspecified atom stereocenters. The zero-order valence-electron chi connectivity index (χ0n) is 12.7. The Balaban J connectivity index is 1.95. The van der Waals surface area contributed by atoms with Gasteiger partial charge in [-0.25, -0.2) is 4.98 Å². The van der Waals surface area contributed by atoms with Gasteiger partial charge in [-0.3, -0.25) is 0 Å². The lowest BCUT2D eigenvalue weighted by molar-refractivity contribution is 0.156. The van der Waals surface area contributed by atoms with Crippen molar-refractivity contribution >= 4 is 11.0 Å². The molecule has 2 aromatic carbocycles. The van der Waals surface area contributed by atoms with Gasteiger partial charge in [0.05, 0.1) is 30.0 Å². The minimum absolute atomic E-state index is 0.519. The molecule has 1 aromatic heterocycles. The fourth-order valence-corrected chi connectivity index (χ4v) is 3.15. The number of rotatable bonds is 3. The Bertz CT molecular complexity index is 766. The van der Waals surface area contributed by atoms with E-state index in [1.165, 1.54) is 5.56 Å². The molecule has 0 saturated carbocycles. The molecule has 0 radical (unpaired) electrons. The number of aryl methyl sites for hydroxylation is 3. The van der Waals surface area contributed by atoms with Crippen LogP contribution >= 0.6 is 0 Å². The molecule has 3 nitrogen and oxygen atoms in total. The van der Waals surface area contributed by atoms with Crippen molar-refractivity contribution in [3.05, 3.63) is 65.0 Å². The average molecular weight is 280 g/mol. The Morgan fingerprint density at radius 1 is 1.10 bits per heavy atom. The fraction of sp³-hybridized carbons (Fsp3) is 0.278. The number of benzene rings is 2. The second-order valence-electron chi connectivity index (χ2n) is 5.71. The lowest BCUT2D eigenvalue weighted by atomic mass is 9.95. The summed E-state index contributed by atoms with van der Waals surface area (Å²) in [6.45, 7) is 6.72. The first-order chi connectivity index (χ1) is 10.1. The number of fused-ring (bicyclic) bond motifs is 1. The lowest BCUT2D eigenvalue weighted by Crippen LogP contribution is -2.11. The summed E-state index contributed by atoms with van der Waals surface area (Å²) in [5, 5.41) is 10.7. The number of para-hydroxylation sites is 2. The predicted molar refractivity (Wildman–Crippen MR) is 85.3 cm³/mol. The van der Waals surface area contributed by atoms with Crippen molar-refractivity contribution in [1.29, 1.82) is 0 Å². The maximum absolute atomic E-state index is 10.7. The third kappa shape index (κ3) is 2.57. The topological polar surface area (TPSA) is 38.0 Å². The van der Waals surface area contributed by atoms with Crippen molar-refractivity contribution < 1.29 is 5.11 Å². The zero-order valence-corrected chi connectivity index (χ0v) is 12.7. The maximum atomic E-state index is 10.7. The first kappa shape index (κ1) is 13.8. The van der Waals surface area contributed by atoms with Crippen LogP contribution in [0.3, 0.4) is 0 Å². The highest BCUT2D eigenvalue weighted by Crippen LogP contribution is 2.26. The minimum atomic E-state index is -0.525. The molecule has 108 valence electrons. The number of aromatic nitrogens is 2. The van der Waals surface area contributed by atoms with E-state index in [-0.39, 0.29) is 0 Å². The third-order valence-corrected chi connectivity index (χ3v) is 3.97. The van der Waals surface area contributed by atoms with Gasteiger partial charge in [-0.1, -0.05) is 29.8 Å². The highest BCUT2D eigenvalue weighted by atomic mass is 16.3. The summed E-state index contributed by atoms with van der Waals surface area (Å²) in [4.78, 5) is 4.38. The van der Waals surface area contributed by atoms with Crippen LogP contribution in [0.25, 0.3) is 11.0 Å². The Morgan fingerprint density at radius 3 is 2.48 bits per heavy atom. The maximum Gasteiger partial charge on any atom is 0.0974 e. The van der Waals surface area contributed by atoms with E-state index in [9.17, 15) is 5.11 Å². The van der Waals surface area contributed by atoms with Gasteiger partial charge >= 0.3 is 0 Å². The molecular weight excluding hydrogens is 260 g/mol. The van der Waals surface area contributed by atoms with Crippen molar-refractivity contribution in [2.24, 2.45) is 0 Å². The van der Waals surface area contributed by atoms with E-state index in [1.807, 2.05) is 28.8 Å². The van der Waals surface area contributed by atoms with Gasteiger partial charge in [0.25, 0.3) is 0 Å². The van der Waals surface area contributed by atoms with E-state index in [4.69, 9.17) is 0 Å². The van der Waals surface area contributed by atoms with E-state index in [2.05, 4.69) is 37.9 Å². The highest BCUT2D eigenvalue weighted by Gasteiger charge is 2.15. The van der Waals surface area contributed by atoms with Crippen LogP contribution in [-0.4, -0.2) is 14.7 Å². The summed E-state index contributed by atoms with van der Waals surface area (Å²) in [5.74, 6) is 0. The zero-order chi connectivity index (χ0) is 15.0. The molecule has 0 amide bonds. The molecule has 0 fully saturated rings. The Morgan fingerprint density at radius 2 is 1.76 bits per heavy atom. The van der Waals surface area contributed by atoms with Gasteiger partial charge in [-0.15, -0.1) is 0 Å². The molecule has 0 aliphatic carbocycles. The van der Waals surface area contributed by atoms with Crippen LogP contribution < -0.4 is 0 Å². The fourth-order valence-electron chi connectivity index (χ4n) is 3.15. The smallest absolute Gasteiger partial charge is 0.0974 e. The van der Waals surface area contributed by atoms with E-state index in [0.29, 0.717) is 6.54 Å². The Kier molecular flexibility index (Phi) is 3.52. The van der Waals surface area contributed by atoms with Gasteiger partial charge in [0, 0.05) is 0 Å². The van der Waals surface area contributed by atoms with E-state index >= 15 is 0 Å². The number of nitrogens with zero attached hydrogens (tertiary/aromatic N) is 2. The van der Waals surface area contributed by atoms with E-state index in [0.717, 1.165) is 27.7 Å². The molecule has 0 aliphatic rings. The van der Waals surface area contributed by atoms with Crippen LogP contribution in [0.15, 0.2) is 42.7 Å². The molecule has 3 heteroatoms. The summed E-state index contributed by atoms with van der Waals surface area (Å²) in [5.41, 5.74) is 6.56. The quantitative estimate of drug-likeness (QED) is 0.794. The molecule has 1 heterocycles. The number of hydrogen-bond acceptors (Lipinski definition) is 2. The average Bonchev–Trinajstić information content (AvgIpc) is 2.81. The highest BCUT2D eigenvalue weighted by molar-refractivity contribution is 5.74. The van der Waals surface area contributed by atoms with Crippen LogP contribution in [0.2, 0.25) is 0 Å². The van der Waals surface area contributed by atoms with Crippen LogP contribution in [0.1, 0.15) is 28.4 Å². The number of hydrogen-bond donors (Lipinski definition) is 1. The molecule has 1 atom stereocenters. The molecule has 0 aliphatic heterocycles. The molecule has 21 heavy (non-hydrogen) atoms. The molecule has 3 aromatic rings. The molecule has 1 N–H and O–H groups in total. The van der Waals surface area contributed by atoms with Crippen molar-refractivity contribution in [2.45, 2.75) is 33.4 Å². The van der Waals surface area contributed by atoms with Crippen molar-refractivity contribution in [1.82, 2.24) is 9.55 Å². The van der Waals surface area contributed by atoms with Crippen molar-refractivity contribution in [3.63, 3.8) is 0 Å². The second-order valence-corrected chi connectivity index (χ2v) is 5.71. The van der Waals surface area contributed by atoms with Crippen molar-refractivity contribution in [3.8, 4) is 0 Å². The number of aliphatic hydroxyl groups excluding tert-OH is 1. The minimum Gasteiger partial charge on any atom is -0.387 e. The normalized spacial score (nSPS) is 12.8. The van der Waals surface area contributed by atoms with Crippen LogP contribution in [0, 0.1) is 20.8 Å². The Hall–Kier alpha value is -2.13. The van der Waals surface area contributed by atoms with Crippen LogP contribution in [0.5, 0.6) is 0 Å². The van der Waals surface area contributed by atoms with Crippen LogP contribution in [-0.2, 0) is 6.54 Å². The number of aliphatic hydroxyl groups is 1. The van der Waals surface area contributed by atoms with Crippen molar-refractivity contribution in [2.75, 3.05) is 0 Å². The monoisotopic (exact) mass is 280 g/mol. The largest absolute Gasteiger partial charge is 0.387 e. The molecule has 0 spiro atoms. The summed E-state index contributed by atoms with van der Waals surface area (Å²) >= 11 is 0. The predicted octanol–water partition coefficient (Wildman–Crippen LogP) is 3.70. The summed E-state index contributed by atoms with van der Waals surface area (Å²) in [6.07, 6.45) is 1.27. The first-order valence-electron chi connectivity index (χ1n) is 7.22. The van der Waals surface area contributed by atoms with Gasteiger partial charge in [-0.2, -0.15) is 0 Å². The molecule has 0 saturated heterocycles. The van der Waals surface area contributed by atoms with Gasteiger partial charge in [0.1, 0.15) is 0 Å². The molecular formula is C18H20N2O. The molecule has 0 bridgehead atoms. The summed E-state index contributed by atoms with van der Waals surface area (Å²) in [7, 11) is 0. The van der Waals surface area contributed by atoms with E-state index in [1.54, 1.807) is 6.33 Å². The van der Waals surface area contributed by atoms with Crippen LogP contribution in [0.4, 0.5) is 0 Å². The SMILES string of the molecule is Cc1cc(C)c(C(O)Cn2cnc3ccccc32)c(C)c1. The third-order valence-electron chi connectivity index (χ3n) is 3.97. The lowest BCUT2D eigenvalue weighted by Gasteiger charge is -2.18. The van der Waals surface area contributed by atoms with Gasteiger partial charge in [-0.05, 0) is 49.6 Å². The van der Waals surface area contributed by atoms with Gasteiger partial charge in [0.15, 0.2) is 0 Å². The van der Waals surface area contributed by atoms with Gasteiger partial charge < -0.3 is 9.67 Å². The Labute approximate surface area is 124 Å².